The van der Waals surface area contributed by atoms with Gasteiger partial charge in [0.1, 0.15) is 6.29 Å². The van der Waals surface area contributed by atoms with Crippen LogP contribution in [0.5, 0.6) is 0 Å². The van der Waals surface area contributed by atoms with Gasteiger partial charge < -0.3 is 4.79 Å². The van der Waals surface area contributed by atoms with Gasteiger partial charge >= 0.3 is 0 Å². The van der Waals surface area contributed by atoms with Gasteiger partial charge in [-0.05, 0) is 53.8 Å². The van der Waals surface area contributed by atoms with Crippen molar-refractivity contribution in [3.8, 4) is 0 Å². The predicted molar refractivity (Wildman–Crippen MR) is 76.3 cm³/mol. The van der Waals surface area contributed by atoms with Crippen LogP contribution in [0.2, 0.25) is 0 Å². The van der Waals surface area contributed by atoms with Crippen molar-refractivity contribution in [1.29, 1.82) is 0 Å². The van der Waals surface area contributed by atoms with Crippen molar-refractivity contribution < 1.29 is 4.79 Å². The Balaban J connectivity index is 2.41. The Bertz CT molecular complexity index is 329. The first-order valence-electron chi connectivity index (χ1n) is 7.65. The minimum Gasteiger partial charge on any atom is -0.303 e. The normalized spacial score (nSPS) is 46.2. The maximum atomic E-state index is 11.5. The van der Waals surface area contributed by atoms with Gasteiger partial charge in [0, 0.05) is 5.92 Å². The van der Waals surface area contributed by atoms with E-state index in [1.54, 1.807) is 0 Å². The van der Waals surface area contributed by atoms with E-state index >= 15 is 0 Å². The largest absolute Gasteiger partial charge is 0.303 e. The second-order valence-corrected chi connectivity index (χ2v) is 8.42. The molecule has 18 heavy (non-hydrogen) atoms. The molecule has 0 heterocycles. The average molecular weight is 250 g/mol. The van der Waals surface area contributed by atoms with Crippen LogP contribution in [0.3, 0.4) is 0 Å². The van der Waals surface area contributed by atoms with Gasteiger partial charge in [-0.2, -0.15) is 0 Å². The highest BCUT2D eigenvalue weighted by Crippen LogP contribution is 2.61. The molecule has 1 nitrogen and oxygen atoms in total. The van der Waals surface area contributed by atoms with E-state index in [1.165, 1.54) is 19.1 Å². The lowest BCUT2D eigenvalue weighted by Gasteiger charge is -2.60. The number of carbonyl (C=O) groups excluding carboxylic acids is 1. The van der Waals surface area contributed by atoms with Crippen molar-refractivity contribution in [3.63, 3.8) is 0 Å². The van der Waals surface area contributed by atoms with Gasteiger partial charge in [-0.3, -0.25) is 0 Å². The van der Waals surface area contributed by atoms with Crippen LogP contribution in [0.1, 0.15) is 60.8 Å². The first-order valence-corrected chi connectivity index (χ1v) is 7.65. The fourth-order valence-electron chi connectivity index (χ4n) is 5.17. The number of carbonyl (C=O) groups is 1. The third kappa shape index (κ3) is 2.04. The van der Waals surface area contributed by atoms with Crippen molar-refractivity contribution >= 4 is 6.29 Å². The van der Waals surface area contributed by atoms with Gasteiger partial charge in [0.2, 0.25) is 0 Å². The summed E-state index contributed by atoms with van der Waals surface area (Å²) in [4.78, 5) is 11.5. The molecule has 5 unspecified atom stereocenters. The van der Waals surface area contributed by atoms with Crippen LogP contribution in [0.15, 0.2) is 0 Å². The molecular formula is C17H30O. The van der Waals surface area contributed by atoms with Gasteiger partial charge in [0.25, 0.3) is 0 Å². The quantitative estimate of drug-likeness (QED) is 0.624. The van der Waals surface area contributed by atoms with Gasteiger partial charge in [-0.25, -0.2) is 0 Å². The Morgan fingerprint density at radius 2 is 1.67 bits per heavy atom. The molecule has 0 spiro atoms. The Hall–Kier alpha value is -0.330. The molecule has 104 valence electrons. The van der Waals surface area contributed by atoms with E-state index in [4.69, 9.17) is 0 Å². The second-order valence-electron chi connectivity index (χ2n) is 8.42. The molecule has 0 aliphatic heterocycles. The van der Waals surface area contributed by atoms with Crippen LogP contribution in [0, 0.1) is 40.4 Å². The molecule has 2 rings (SSSR count). The Labute approximate surface area is 113 Å². The summed E-state index contributed by atoms with van der Waals surface area (Å²) in [6.45, 7) is 14.4. The maximum absolute atomic E-state index is 11.5. The summed E-state index contributed by atoms with van der Waals surface area (Å²) in [5, 5.41) is 0. The molecular weight excluding hydrogens is 220 g/mol. The van der Waals surface area contributed by atoms with Crippen molar-refractivity contribution in [1.82, 2.24) is 0 Å². The molecule has 0 saturated heterocycles. The van der Waals surface area contributed by atoms with E-state index in [1.807, 2.05) is 0 Å². The van der Waals surface area contributed by atoms with Gasteiger partial charge in [-0.15, -0.1) is 0 Å². The zero-order valence-electron chi connectivity index (χ0n) is 13.0. The van der Waals surface area contributed by atoms with E-state index in [-0.39, 0.29) is 0 Å². The number of hydrogen-bond acceptors (Lipinski definition) is 1. The third-order valence-electron chi connectivity index (χ3n) is 6.36. The summed E-state index contributed by atoms with van der Waals surface area (Å²) in [6.07, 6.45) is 4.95. The molecule has 1 heteroatoms. The van der Waals surface area contributed by atoms with Crippen LogP contribution in [-0.4, -0.2) is 6.29 Å². The summed E-state index contributed by atoms with van der Waals surface area (Å²) in [7, 11) is 0. The molecule has 0 bridgehead atoms. The monoisotopic (exact) mass is 250 g/mol. The van der Waals surface area contributed by atoms with Crippen LogP contribution in [0.25, 0.3) is 0 Å². The number of rotatable bonds is 1. The van der Waals surface area contributed by atoms with Gasteiger partial charge in [-0.1, -0.05) is 41.5 Å². The Morgan fingerprint density at radius 1 is 1.06 bits per heavy atom. The Morgan fingerprint density at radius 3 is 2.22 bits per heavy atom. The molecule has 2 saturated carbocycles. The van der Waals surface area contributed by atoms with Gasteiger partial charge in [0.15, 0.2) is 0 Å². The average Bonchev–Trinajstić information content (AvgIpc) is 2.25. The Kier molecular flexibility index (Phi) is 3.41. The molecule has 0 aromatic carbocycles. The highest BCUT2D eigenvalue weighted by Gasteiger charge is 2.55. The molecule has 2 aliphatic rings. The van der Waals surface area contributed by atoms with Crippen LogP contribution < -0.4 is 0 Å². The third-order valence-corrected chi connectivity index (χ3v) is 6.36. The molecule has 0 radical (unpaired) electrons. The number of hydrogen-bond donors (Lipinski definition) is 0. The molecule has 0 N–H and O–H groups in total. The van der Waals surface area contributed by atoms with Crippen molar-refractivity contribution in [2.24, 2.45) is 40.4 Å². The summed E-state index contributed by atoms with van der Waals surface area (Å²) < 4.78 is 0. The second kappa shape index (κ2) is 4.35. The predicted octanol–water partition coefficient (Wildman–Crippen LogP) is 4.56. The van der Waals surface area contributed by atoms with E-state index in [0.717, 1.165) is 18.3 Å². The smallest absolute Gasteiger partial charge is 0.123 e. The summed E-state index contributed by atoms with van der Waals surface area (Å²) in [5.74, 6) is 3.07. The lowest BCUT2D eigenvalue weighted by Crippen LogP contribution is -2.54. The van der Waals surface area contributed by atoms with Crippen molar-refractivity contribution in [3.05, 3.63) is 0 Å². The zero-order chi connectivity index (χ0) is 13.7. The number of fused-ring (bicyclic) bond motifs is 1. The van der Waals surface area contributed by atoms with Gasteiger partial charge in [0.05, 0.1) is 0 Å². The fraction of sp³-hybridized carbons (Fsp3) is 0.941. The summed E-state index contributed by atoms with van der Waals surface area (Å²) in [5.41, 5.74) is 0.710. The molecule has 5 atom stereocenters. The van der Waals surface area contributed by atoms with Crippen molar-refractivity contribution in [2.45, 2.75) is 60.8 Å². The molecule has 0 aromatic heterocycles. The highest BCUT2D eigenvalue weighted by molar-refractivity contribution is 5.55. The van der Waals surface area contributed by atoms with E-state index in [0.29, 0.717) is 28.6 Å². The minimum absolute atomic E-state index is 0.292. The maximum Gasteiger partial charge on any atom is 0.123 e. The molecule has 0 amide bonds. The summed E-state index contributed by atoms with van der Waals surface area (Å²) >= 11 is 0. The lowest BCUT2D eigenvalue weighted by molar-refractivity contribution is -0.138. The molecule has 2 aliphatic carbocycles. The molecule has 2 fully saturated rings. The highest BCUT2D eigenvalue weighted by atomic mass is 16.1. The first-order chi connectivity index (χ1) is 8.20. The summed E-state index contributed by atoms with van der Waals surface area (Å²) in [6, 6.07) is 0. The standard InChI is InChI=1S/C17H30O/c1-11-7-13(10-18)15-14(8-11)17(5,6)12(2)9-16(15,3)4/h10-15H,7-9H2,1-6H3. The SMILES string of the molecule is CC1CC(C=O)C2C(C1)C(C)(C)C(C)CC2(C)C. The minimum atomic E-state index is 0.292. The van der Waals surface area contributed by atoms with Crippen LogP contribution in [-0.2, 0) is 4.79 Å². The topological polar surface area (TPSA) is 17.1 Å². The van der Waals surface area contributed by atoms with E-state index in [2.05, 4.69) is 41.5 Å². The van der Waals surface area contributed by atoms with Crippen molar-refractivity contribution in [2.75, 3.05) is 0 Å². The molecule has 0 aromatic rings. The lowest BCUT2D eigenvalue weighted by atomic mass is 9.45. The van der Waals surface area contributed by atoms with E-state index in [9.17, 15) is 4.79 Å². The fourth-order valence-corrected chi connectivity index (χ4v) is 5.17. The van der Waals surface area contributed by atoms with E-state index < -0.39 is 0 Å². The first kappa shape index (κ1) is 14.1. The number of aldehydes is 1. The zero-order valence-corrected chi connectivity index (χ0v) is 13.0. The van der Waals surface area contributed by atoms with Crippen LogP contribution >= 0.6 is 0 Å². The van der Waals surface area contributed by atoms with Crippen LogP contribution in [0.4, 0.5) is 0 Å².